The molecule has 0 unspecified atom stereocenters. The van der Waals surface area contributed by atoms with E-state index in [1.165, 1.54) is 0 Å². The molecule has 7 nitrogen and oxygen atoms in total. The van der Waals surface area contributed by atoms with Gasteiger partial charge in [-0.15, -0.1) is 0 Å². The lowest BCUT2D eigenvalue weighted by atomic mass is 10.3. The first-order valence-corrected chi connectivity index (χ1v) is 8.11. The van der Waals surface area contributed by atoms with E-state index in [1.54, 1.807) is 25.4 Å². The van der Waals surface area contributed by atoms with Crippen molar-refractivity contribution >= 4 is 17.5 Å². The molecule has 0 saturated carbocycles. The van der Waals surface area contributed by atoms with E-state index in [4.69, 9.17) is 9.47 Å². The normalized spacial score (nSPS) is 10.2. The van der Waals surface area contributed by atoms with E-state index in [9.17, 15) is 4.79 Å². The van der Waals surface area contributed by atoms with E-state index in [0.29, 0.717) is 24.7 Å². The lowest BCUT2D eigenvalue weighted by Crippen LogP contribution is -2.34. The van der Waals surface area contributed by atoms with E-state index in [-0.39, 0.29) is 12.1 Å². The van der Waals surface area contributed by atoms with Gasteiger partial charge in [0.1, 0.15) is 23.9 Å². The van der Waals surface area contributed by atoms with Crippen LogP contribution in [0.1, 0.15) is 13.8 Å². The van der Waals surface area contributed by atoms with Gasteiger partial charge in [-0.05, 0) is 50.2 Å². The minimum Gasteiger partial charge on any atom is -0.497 e. The van der Waals surface area contributed by atoms with Gasteiger partial charge in [-0.25, -0.2) is 9.78 Å². The Balaban J connectivity index is 1.71. The van der Waals surface area contributed by atoms with Crippen LogP contribution < -0.4 is 25.4 Å². The Morgan fingerprint density at radius 2 is 1.84 bits per heavy atom. The molecule has 25 heavy (non-hydrogen) atoms. The number of aromatic nitrogens is 1. The van der Waals surface area contributed by atoms with Gasteiger partial charge < -0.3 is 25.4 Å². The topological polar surface area (TPSA) is 84.5 Å². The Hall–Kier alpha value is -2.96. The maximum Gasteiger partial charge on any atom is 0.319 e. The molecule has 2 aromatic rings. The zero-order chi connectivity index (χ0) is 18.1. The fourth-order valence-corrected chi connectivity index (χ4v) is 2.02. The van der Waals surface area contributed by atoms with Crippen LogP contribution in [-0.2, 0) is 0 Å². The molecule has 2 amide bonds. The fraction of sp³-hybridized carbons (Fsp3) is 0.333. The third kappa shape index (κ3) is 6.58. The van der Waals surface area contributed by atoms with Gasteiger partial charge >= 0.3 is 6.03 Å². The zero-order valence-corrected chi connectivity index (χ0v) is 14.7. The van der Waals surface area contributed by atoms with Gasteiger partial charge in [0.25, 0.3) is 0 Å². The first-order valence-electron chi connectivity index (χ1n) is 8.11. The van der Waals surface area contributed by atoms with Crippen molar-refractivity contribution in [1.82, 2.24) is 10.3 Å². The predicted molar refractivity (Wildman–Crippen MR) is 98.5 cm³/mol. The highest BCUT2D eigenvalue weighted by molar-refractivity contribution is 5.89. The summed E-state index contributed by atoms with van der Waals surface area (Å²) in [6, 6.07) is 10.9. The first-order chi connectivity index (χ1) is 12.1. The number of nitrogens with one attached hydrogen (secondary N) is 3. The molecule has 0 atom stereocenters. The number of methoxy groups -OCH3 is 1. The van der Waals surface area contributed by atoms with Crippen molar-refractivity contribution in [3.8, 4) is 11.5 Å². The Bertz CT molecular complexity index is 657. The molecule has 0 aliphatic heterocycles. The molecule has 0 bridgehead atoms. The molecular formula is C18H24N4O3. The fourth-order valence-electron chi connectivity index (χ4n) is 2.02. The third-order valence-corrected chi connectivity index (χ3v) is 3.18. The molecule has 1 aromatic heterocycles. The average molecular weight is 344 g/mol. The molecule has 3 N–H and O–H groups in total. The number of carbonyl (C=O) groups excluding carboxylic acids is 1. The number of ether oxygens (including phenoxy) is 2. The Morgan fingerprint density at radius 1 is 1.12 bits per heavy atom. The molecule has 0 radical (unpaired) electrons. The highest BCUT2D eigenvalue weighted by Gasteiger charge is 2.03. The van der Waals surface area contributed by atoms with Crippen molar-refractivity contribution in [2.24, 2.45) is 0 Å². The largest absolute Gasteiger partial charge is 0.497 e. The van der Waals surface area contributed by atoms with Gasteiger partial charge in [0, 0.05) is 6.04 Å². The van der Waals surface area contributed by atoms with E-state index in [2.05, 4.69) is 20.9 Å². The van der Waals surface area contributed by atoms with Gasteiger partial charge in [0.15, 0.2) is 0 Å². The lowest BCUT2D eigenvalue weighted by Gasteiger charge is -2.11. The maximum atomic E-state index is 11.6. The van der Waals surface area contributed by atoms with Gasteiger partial charge in [0.05, 0.1) is 25.5 Å². The maximum absolute atomic E-state index is 11.6. The van der Waals surface area contributed by atoms with Crippen molar-refractivity contribution in [3.05, 3.63) is 42.6 Å². The first kappa shape index (κ1) is 18.4. The molecule has 1 aromatic carbocycles. The number of hydrogen-bond acceptors (Lipinski definition) is 5. The number of anilines is 2. The quantitative estimate of drug-likeness (QED) is 0.641. The van der Waals surface area contributed by atoms with Gasteiger partial charge in [-0.2, -0.15) is 0 Å². The molecule has 1 heterocycles. The molecule has 0 fully saturated rings. The van der Waals surface area contributed by atoms with Crippen LogP contribution in [0, 0.1) is 0 Å². The van der Waals surface area contributed by atoms with E-state index in [0.717, 1.165) is 11.5 Å². The molecule has 0 spiro atoms. The van der Waals surface area contributed by atoms with Gasteiger partial charge in [-0.3, -0.25) is 0 Å². The molecule has 134 valence electrons. The summed E-state index contributed by atoms with van der Waals surface area (Å²) in [6.45, 7) is 4.92. The van der Waals surface area contributed by atoms with Crippen LogP contribution in [0.2, 0.25) is 0 Å². The van der Waals surface area contributed by atoms with Crippen LogP contribution in [0.4, 0.5) is 16.3 Å². The van der Waals surface area contributed by atoms with Crippen LogP contribution in [0.3, 0.4) is 0 Å². The highest BCUT2D eigenvalue weighted by Crippen LogP contribution is 2.16. The van der Waals surface area contributed by atoms with Gasteiger partial charge in [-0.1, -0.05) is 0 Å². The van der Waals surface area contributed by atoms with Crippen molar-refractivity contribution in [2.75, 3.05) is 30.9 Å². The van der Waals surface area contributed by atoms with Crippen LogP contribution in [0.15, 0.2) is 42.6 Å². The SMILES string of the molecule is COc1ccc(OCCNc2ccc(NC(=O)NC(C)C)cn2)cc1. The van der Waals surface area contributed by atoms with Crippen molar-refractivity contribution in [3.63, 3.8) is 0 Å². The Labute approximate surface area is 147 Å². The second kappa shape index (κ2) is 9.36. The number of amides is 2. The minimum absolute atomic E-state index is 0.0830. The smallest absolute Gasteiger partial charge is 0.319 e. The van der Waals surface area contributed by atoms with E-state index in [1.807, 2.05) is 38.1 Å². The highest BCUT2D eigenvalue weighted by atomic mass is 16.5. The molecule has 2 rings (SSSR count). The minimum atomic E-state index is -0.245. The number of rotatable bonds is 8. The summed E-state index contributed by atoms with van der Waals surface area (Å²) in [4.78, 5) is 15.9. The molecule has 0 aliphatic rings. The summed E-state index contributed by atoms with van der Waals surface area (Å²) in [5.41, 5.74) is 0.637. The zero-order valence-electron chi connectivity index (χ0n) is 14.7. The van der Waals surface area contributed by atoms with E-state index >= 15 is 0 Å². The predicted octanol–water partition coefficient (Wildman–Crippen LogP) is 3.11. The number of nitrogens with zero attached hydrogens (tertiary/aromatic N) is 1. The van der Waals surface area contributed by atoms with Crippen LogP contribution >= 0.6 is 0 Å². The number of pyridine rings is 1. The van der Waals surface area contributed by atoms with Crippen molar-refractivity contribution in [2.45, 2.75) is 19.9 Å². The van der Waals surface area contributed by atoms with Crippen LogP contribution in [0.25, 0.3) is 0 Å². The summed E-state index contributed by atoms with van der Waals surface area (Å²) in [7, 11) is 1.63. The van der Waals surface area contributed by atoms with Crippen molar-refractivity contribution in [1.29, 1.82) is 0 Å². The Morgan fingerprint density at radius 3 is 2.44 bits per heavy atom. The standard InChI is InChI=1S/C18H24N4O3/c1-13(2)21-18(23)22-14-4-9-17(20-12-14)19-10-11-25-16-7-5-15(24-3)6-8-16/h4-9,12-13H,10-11H2,1-3H3,(H,19,20)(H2,21,22,23). The summed E-state index contributed by atoms with van der Waals surface area (Å²) < 4.78 is 10.7. The second-order valence-electron chi connectivity index (χ2n) is 5.64. The van der Waals surface area contributed by atoms with Crippen LogP contribution in [0.5, 0.6) is 11.5 Å². The average Bonchev–Trinajstić information content (AvgIpc) is 2.60. The second-order valence-corrected chi connectivity index (χ2v) is 5.64. The Kier molecular flexibility index (Phi) is 6.88. The number of urea groups is 1. The molecule has 0 aliphatic carbocycles. The lowest BCUT2D eigenvalue weighted by molar-refractivity contribution is 0.250. The van der Waals surface area contributed by atoms with Gasteiger partial charge in [0.2, 0.25) is 0 Å². The van der Waals surface area contributed by atoms with Crippen LogP contribution in [-0.4, -0.2) is 37.3 Å². The third-order valence-electron chi connectivity index (χ3n) is 3.18. The number of carbonyl (C=O) groups is 1. The number of benzene rings is 1. The molecule has 0 saturated heterocycles. The summed E-state index contributed by atoms with van der Waals surface area (Å²) in [5.74, 6) is 2.30. The number of hydrogen-bond donors (Lipinski definition) is 3. The van der Waals surface area contributed by atoms with E-state index < -0.39 is 0 Å². The monoisotopic (exact) mass is 344 g/mol. The molecule has 7 heteroatoms. The van der Waals surface area contributed by atoms with Crippen molar-refractivity contribution < 1.29 is 14.3 Å². The molecular weight excluding hydrogens is 320 g/mol. The summed E-state index contributed by atoms with van der Waals surface area (Å²) in [5, 5.41) is 8.64. The summed E-state index contributed by atoms with van der Waals surface area (Å²) >= 11 is 0. The summed E-state index contributed by atoms with van der Waals surface area (Å²) in [6.07, 6.45) is 1.60.